The zero-order valence-corrected chi connectivity index (χ0v) is 52.9. The van der Waals surface area contributed by atoms with E-state index in [1.54, 1.807) is 23.1 Å². The molecule has 0 radical (unpaired) electrons. The molecule has 0 atom stereocenters. The third-order valence-corrected chi connectivity index (χ3v) is 20.5. The van der Waals surface area contributed by atoms with E-state index in [0.29, 0.717) is 27.2 Å². The summed E-state index contributed by atoms with van der Waals surface area (Å²) in [6.07, 6.45) is -5.02. The topological polar surface area (TPSA) is 16.2 Å². The summed E-state index contributed by atoms with van der Waals surface area (Å²) < 4.78 is 72.8. The lowest BCUT2D eigenvalue weighted by Crippen LogP contribution is -2.65. The summed E-state index contributed by atoms with van der Waals surface area (Å²) in [5.41, 5.74) is 17.3. The molecule has 0 N–H and O–H groups in total. The van der Waals surface area contributed by atoms with Gasteiger partial charge in [-0.15, -0.1) is 0 Å². The standard InChI is InChI=1S/C85H55B2F4N5S/c88-70-45-23-28-50-75(70)96-77-52-62(93(60-37-15-5-16-38-60)71-46-24-19-41-64(71)56-29-7-1-8-30-56)51-76-81(77)86(67-44-22-27-49-74(67)95(76)72-47-25-20-42-65(72)57-31-9-2-10-32-57)68-55-69-84(80(83(68)96)85(89,90)91)97-79-54-63(92(58-33-11-3-12-34-58)59-35-13-4-14-36-59)53-78-82(79)87(69)66-43-21-26-48-73(66)94(78)61-39-17-6-18-40-61/h1-55H. The van der Waals surface area contributed by atoms with Crippen LogP contribution in [-0.4, -0.2) is 13.4 Å². The molecule has 4 aliphatic heterocycles. The molecular formula is C85H55B2F4N5S. The molecule has 4 aliphatic rings. The van der Waals surface area contributed by atoms with Crippen molar-refractivity contribution in [2.75, 3.05) is 24.5 Å². The molecule has 0 unspecified atom stereocenters. The van der Waals surface area contributed by atoms with Crippen molar-refractivity contribution in [3.05, 3.63) is 345 Å². The van der Waals surface area contributed by atoms with Gasteiger partial charge in [0, 0.05) is 77.8 Å². The van der Waals surface area contributed by atoms with Crippen molar-refractivity contribution in [1.29, 1.82) is 0 Å². The van der Waals surface area contributed by atoms with Gasteiger partial charge in [0.1, 0.15) is 5.82 Å². The van der Waals surface area contributed by atoms with Crippen LogP contribution < -0.4 is 57.3 Å². The lowest BCUT2D eigenvalue weighted by Gasteiger charge is -2.47. The lowest BCUT2D eigenvalue weighted by molar-refractivity contribution is -0.139. The summed E-state index contributed by atoms with van der Waals surface area (Å²) in [6.45, 7) is -1.51. The smallest absolute Gasteiger partial charge is 0.311 e. The second-order valence-electron chi connectivity index (χ2n) is 24.7. The van der Waals surface area contributed by atoms with Crippen LogP contribution in [0.15, 0.2) is 343 Å². The zero-order chi connectivity index (χ0) is 64.9. The molecule has 0 saturated carbocycles. The van der Waals surface area contributed by atoms with Crippen molar-refractivity contribution in [3.63, 3.8) is 0 Å². The Morgan fingerprint density at radius 1 is 0.320 bits per heavy atom. The van der Waals surface area contributed by atoms with Gasteiger partial charge in [-0.2, -0.15) is 13.2 Å². The largest absolute Gasteiger partial charge is 0.419 e. The quantitative estimate of drug-likeness (QED) is 0.0941. The molecule has 0 aliphatic carbocycles. The molecule has 0 spiro atoms. The van der Waals surface area contributed by atoms with Gasteiger partial charge in [-0.25, -0.2) is 4.39 Å². The molecule has 14 aromatic carbocycles. The van der Waals surface area contributed by atoms with Crippen LogP contribution in [0.3, 0.4) is 0 Å². The summed E-state index contributed by atoms with van der Waals surface area (Å²) in [5.74, 6) is -0.676. The first-order valence-electron chi connectivity index (χ1n) is 32.5. The number of anilines is 15. The molecule has 5 nitrogen and oxygen atoms in total. The second kappa shape index (κ2) is 23.3. The zero-order valence-electron chi connectivity index (χ0n) is 52.1. The van der Waals surface area contributed by atoms with E-state index in [-0.39, 0.29) is 16.3 Å². The predicted octanol–water partition coefficient (Wildman–Crippen LogP) is 20.0. The van der Waals surface area contributed by atoms with E-state index in [0.717, 1.165) is 118 Å². The molecular weight excluding hydrogens is 1220 g/mol. The predicted molar refractivity (Wildman–Crippen MR) is 396 cm³/mol. The maximum absolute atomic E-state index is 18.3. The van der Waals surface area contributed by atoms with Gasteiger partial charge in [-0.3, -0.25) is 0 Å². The van der Waals surface area contributed by atoms with Crippen molar-refractivity contribution in [3.8, 4) is 22.3 Å². The van der Waals surface area contributed by atoms with Crippen molar-refractivity contribution >= 4 is 143 Å². The summed E-state index contributed by atoms with van der Waals surface area (Å²) in [5, 5.41) is 0. The highest BCUT2D eigenvalue weighted by atomic mass is 32.2. The van der Waals surface area contributed by atoms with Gasteiger partial charge in [0.2, 0.25) is 6.71 Å². The van der Waals surface area contributed by atoms with Crippen LogP contribution in [0.4, 0.5) is 103 Å². The Morgan fingerprint density at radius 2 is 0.753 bits per heavy atom. The summed E-state index contributed by atoms with van der Waals surface area (Å²) in [6, 6.07) is 111. The van der Waals surface area contributed by atoms with Crippen molar-refractivity contribution in [2.24, 2.45) is 0 Å². The van der Waals surface area contributed by atoms with Crippen molar-refractivity contribution in [2.45, 2.75) is 16.0 Å². The Morgan fingerprint density at radius 3 is 1.34 bits per heavy atom. The van der Waals surface area contributed by atoms with Gasteiger partial charge in [0.25, 0.3) is 6.71 Å². The SMILES string of the molecule is Fc1ccccc1N1c2cc(N(c3ccccc3)c3ccccc3-c3ccccc3)cc3c2B(c2ccccc2N3c2ccccc2-c2ccccc2)c2cc3c(c(C(F)(F)F)c21)Sc1cc(N(c2ccccc2)c2ccccc2)cc2c1B3c1ccccc1N2c1ccccc1. The molecule has 12 heteroatoms. The van der Waals surface area contributed by atoms with E-state index in [9.17, 15) is 0 Å². The van der Waals surface area contributed by atoms with Crippen molar-refractivity contribution in [1.82, 2.24) is 0 Å². The van der Waals surface area contributed by atoms with Gasteiger partial charge < -0.3 is 24.5 Å². The summed E-state index contributed by atoms with van der Waals surface area (Å²) >= 11 is 1.15. The number of halogens is 4. The van der Waals surface area contributed by atoms with Crippen LogP contribution >= 0.6 is 11.8 Å². The number of benzene rings is 14. The number of para-hydroxylation sites is 9. The van der Waals surface area contributed by atoms with Crippen LogP contribution in [0.25, 0.3) is 22.3 Å². The van der Waals surface area contributed by atoms with E-state index < -0.39 is 31.0 Å². The maximum atomic E-state index is 18.3. The number of hydrogen-bond donors (Lipinski definition) is 0. The fourth-order valence-corrected chi connectivity index (χ4v) is 16.8. The van der Waals surface area contributed by atoms with Gasteiger partial charge in [0.05, 0.1) is 34.0 Å². The monoisotopic (exact) mass is 1280 g/mol. The minimum atomic E-state index is -5.02. The first kappa shape index (κ1) is 57.9. The molecule has 0 aromatic heterocycles. The lowest BCUT2D eigenvalue weighted by atomic mass is 9.30. The number of alkyl halides is 3. The van der Waals surface area contributed by atoms with E-state index in [1.165, 1.54) is 6.07 Å². The maximum Gasteiger partial charge on any atom is 0.419 e. The molecule has 460 valence electrons. The van der Waals surface area contributed by atoms with Crippen LogP contribution in [-0.2, 0) is 6.18 Å². The van der Waals surface area contributed by atoms with Crippen LogP contribution in [0.5, 0.6) is 0 Å². The van der Waals surface area contributed by atoms with Crippen molar-refractivity contribution < 1.29 is 17.6 Å². The Hall–Kier alpha value is -11.7. The Bertz CT molecular complexity index is 5340. The molecule has 18 rings (SSSR count). The average Bonchev–Trinajstić information content (AvgIpc) is 0.678. The first-order chi connectivity index (χ1) is 47.7. The van der Waals surface area contributed by atoms with Gasteiger partial charge >= 0.3 is 6.18 Å². The highest BCUT2D eigenvalue weighted by molar-refractivity contribution is 8.00. The van der Waals surface area contributed by atoms with Gasteiger partial charge in [0.15, 0.2) is 0 Å². The molecule has 14 aromatic rings. The minimum Gasteiger partial charge on any atom is -0.311 e. The summed E-state index contributed by atoms with van der Waals surface area (Å²) in [7, 11) is 0. The Labute approximate surface area is 565 Å². The number of hydrogen-bond acceptors (Lipinski definition) is 6. The fraction of sp³-hybridized carbons (Fsp3) is 0.0118. The Kier molecular flexibility index (Phi) is 13.9. The molecule has 0 bridgehead atoms. The average molecular weight is 1280 g/mol. The molecule has 4 heterocycles. The third-order valence-electron chi connectivity index (χ3n) is 19.3. The number of nitrogens with zero attached hydrogens (tertiary/aromatic N) is 5. The van der Waals surface area contributed by atoms with Gasteiger partial charge in [-0.05, 0) is 148 Å². The highest BCUT2D eigenvalue weighted by Gasteiger charge is 2.53. The minimum absolute atomic E-state index is 0.0216. The van der Waals surface area contributed by atoms with Crippen LogP contribution in [0, 0.1) is 5.82 Å². The van der Waals surface area contributed by atoms with E-state index >= 15 is 17.6 Å². The third kappa shape index (κ3) is 9.48. The van der Waals surface area contributed by atoms with Gasteiger partial charge in [-0.1, -0.05) is 242 Å². The molecule has 0 fully saturated rings. The number of rotatable bonds is 11. The first-order valence-corrected chi connectivity index (χ1v) is 33.3. The van der Waals surface area contributed by atoms with Crippen LogP contribution in [0.1, 0.15) is 5.56 Å². The molecule has 0 amide bonds. The normalized spacial score (nSPS) is 13.0. The van der Waals surface area contributed by atoms with E-state index in [2.05, 4.69) is 165 Å². The van der Waals surface area contributed by atoms with E-state index in [1.807, 2.05) is 164 Å². The molecule has 0 saturated heterocycles. The second-order valence-corrected chi connectivity index (χ2v) is 25.8. The van der Waals surface area contributed by atoms with E-state index in [4.69, 9.17) is 0 Å². The number of fused-ring (bicyclic) bond motifs is 8. The Balaban J connectivity index is 0.972. The van der Waals surface area contributed by atoms with Crippen LogP contribution in [0.2, 0.25) is 0 Å². The summed E-state index contributed by atoms with van der Waals surface area (Å²) in [4.78, 5) is 11.3. The fourth-order valence-electron chi connectivity index (χ4n) is 15.4. The highest BCUT2D eigenvalue weighted by Crippen LogP contribution is 2.56. The molecule has 97 heavy (non-hydrogen) atoms.